The van der Waals surface area contributed by atoms with Crippen LogP contribution in [0.3, 0.4) is 0 Å². The van der Waals surface area contributed by atoms with Gasteiger partial charge in [-0.05, 0) is 6.42 Å². The number of halogens is 1. The molecule has 88 valence electrons. The van der Waals surface area contributed by atoms with E-state index < -0.39 is 0 Å². The van der Waals surface area contributed by atoms with Gasteiger partial charge in [-0.3, -0.25) is 4.79 Å². The number of hydrogen-bond donors (Lipinski definition) is 2. The van der Waals surface area contributed by atoms with Gasteiger partial charge in [-0.25, -0.2) is 4.98 Å². The first kappa shape index (κ1) is 11.4. The first-order valence-corrected chi connectivity index (χ1v) is 5.82. The number of aromatic amines is 1. The van der Waals surface area contributed by atoms with Crippen molar-refractivity contribution in [3.05, 3.63) is 21.7 Å². The average molecular weight is 243 g/mol. The Hall–Kier alpha value is -1.07. The zero-order valence-corrected chi connectivity index (χ0v) is 9.92. The zero-order valence-electron chi connectivity index (χ0n) is 9.16. The third-order valence-corrected chi connectivity index (χ3v) is 3.21. The molecule has 1 atom stereocenters. The molecule has 1 aromatic rings. The molecular formula is C10H15ClN4O. The minimum Gasteiger partial charge on any atom is -0.350 e. The molecule has 2 rings (SSSR count). The van der Waals surface area contributed by atoms with E-state index in [1.54, 1.807) is 0 Å². The standard InChI is InChI=1S/C10H15ClN4O/c1-2-7-5-12-3-4-15(7)9-8(11)10(16)14-6-13-9/h6-7,12H,2-5H2,1H3,(H,13,14,16). The maximum absolute atomic E-state index is 11.4. The van der Waals surface area contributed by atoms with Crippen molar-refractivity contribution in [3.63, 3.8) is 0 Å². The molecule has 1 saturated heterocycles. The smallest absolute Gasteiger partial charge is 0.271 e. The summed E-state index contributed by atoms with van der Waals surface area (Å²) in [6.45, 7) is 4.74. The van der Waals surface area contributed by atoms with Crippen molar-refractivity contribution in [2.24, 2.45) is 0 Å². The number of nitrogens with one attached hydrogen (secondary N) is 2. The molecule has 1 unspecified atom stereocenters. The third kappa shape index (κ3) is 2.05. The fourth-order valence-electron chi connectivity index (χ4n) is 1.98. The highest BCUT2D eigenvalue weighted by atomic mass is 35.5. The first-order valence-electron chi connectivity index (χ1n) is 5.44. The fraction of sp³-hybridized carbons (Fsp3) is 0.600. The maximum Gasteiger partial charge on any atom is 0.271 e. The largest absolute Gasteiger partial charge is 0.350 e. The maximum atomic E-state index is 11.4. The molecule has 0 spiro atoms. The quantitative estimate of drug-likeness (QED) is 0.798. The van der Waals surface area contributed by atoms with Crippen LogP contribution in [-0.2, 0) is 0 Å². The molecule has 2 heterocycles. The summed E-state index contributed by atoms with van der Waals surface area (Å²) in [5.74, 6) is 0.596. The van der Waals surface area contributed by atoms with E-state index in [9.17, 15) is 4.79 Å². The molecule has 0 aromatic carbocycles. The molecule has 2 N–H and O–H groups in total. The number of H-pyrrole nitrogens is 1. The van der Waals surface area contributed by atoms with Gasteiger partial charge in [0.2, 0.25) is 0 Å². The monoisotopic (exact) mass is 242 g/mol. The minimum atomic E-state index is -0.278. The normalized spacial score (nSPS) is 21.1. The van der Waals surface area contributed by atoms with E-state index in [1.165, 1.54) is 6.33 Å². The van der Waals surface area contributed by atoms with Gasteiger partial charge >= 0.3 is 0 Å². The second kappa shape index (κ2) is 4.84. The van der Waals surface area contributed by atoms with Crippen LogP contribution in [0.2, 0.25) is 5.02 Å². The number of nitrogens with zero attached hydrogens (tertiary/aromatic N) is 2. The van der Waals surface area contributed by atoms with Gasteiger partial charge in [-0.15, -0.1) is 0 Å². The summed E-state index contributed by atoms with van der Waals surface area (Å²) in [6, 6.07) is 0.348. The zero-order chi connectivity index (χ0) is 11.5. The lowest BCUT2D eigenvalue weighted by atomic mass is 10.1. The summed E-state index contributed by atoms with van der Waals surface area (Å²) in [5.41, 5.74) is -0.278. The van der Waals surface area contributed by atoms with Crippen LogP contribution in [-0.4, -0.2) is 35.6 Å². The minimum absolute atomic E-state index is 0.183. The Bertz CT molecular complexity index is 420. The van der Waals surface area contributed by atoms with Gasteiger partial charge in [0, 0.05) is 25.7 Å². The van der Waals surface area contributed by atoms with Crippen molar-refractivity contribution in [1.82, 2.24) is 15.3 Å². The van der Waals surface area contributed by atoms with E-state index in [1.807, 2.05) is 0 Å². The van der Waals surface area contributed by atoms with Crippen LogP contribution in [0.25, 0.3) is 0 Å². The van der Waals surface area contributed by atoms with Crippen molar-refractivity contribution in [2.45, 2.75) is 19.4 Å². The van der Waals surface area contributed by atoms with Gasteiger partial charge in [0.15, 0.2) is 5.82 Å². The topological polar surface area (TPSA) is 61.0 Å². The molecule has 0 bridgehead atoms. The van der Waals surface area contributed by atoms with Crippen molar-refractivity contribution in [2.75, 3.05) is 24.5 Å². The van der Waals surface area contributed by atoms with E-state index in [0.717, 1.165) is 26.1 Å². The van der Waals surface area contributed by atoms with E-state index in [0.29, 0.717) is 11.9 Å². The molecule has 16 heavy (non-hydrogen) atoms. The van der Waals surface area contributed by atoms with Crippen LogP contribution < -0.4 is 15.8 Å². The summed E-state index contributed by atoms with van der Waals surface area (Å²) in [4.78, 5) is 20.2. The molecule has 1 aliphatic rings. The van der Waals surface area contributed by atoms with Gasteiger partial charge < -0.3 is 15.2 Å². The first-order chi connectivity index (χ1) is 7.74. The van der Waals surface area contributed by atoms with Crippen molar-refractivity contribution >= 4 is 17.4 Å². The molecular weight excluding hydrogens is 228 g/mol. The van der Waals surface area contributed by atoms with Crippen LogP contribution in [0.4, 0.5) is 5.82 Å². The highest BCUT2D eigenvalue weighted by molar-refractivity contribution is 6.32. The second-order valence-electron chi connectivity index (χ2n) is 3.83. The van der Waals surface area contributed by atoms with Crippen molar-refractivity contribution in [3.8, 4) is 0 Å². The fourth-order valence-corrected chi connectivity index (χ4v) is 2.19. The highest BCUT2D eigenvalue weighted by Crippen LogP contribution is 2.22. The van der Waals surface area contributed by atoms with Gasteiger partial charge in [-0.2, -0.15) is 0 Å². The molecule has 0 amide bonds. The summed E-state index contributed by atoms with van der Waals surface area (Å²) < 4.78 is 0. The van der Waals surface area contributed by atoms with Crippen LogP contribution in [0.15, 0.2) is 11.1 Å². The lowest BCUT2D eigenvalue weighted by Gasteiger charge is -2.36. The van der Waals surface area contributed by atoms with Crippen LogP contribution >= 0.6 is 11.6 Å². The van der Waals surface area contributed by atoms with E-state index >= 15 is 0 Å². The molecule has 1 fully saturated rings. The Morgan fingerprint density at radius 1 is 1.69 bits per heavy atom. The Morgan fingerprint density at radius 2 is 2.50 bits per heavy atom. The number of aromatic nitrogens is 2. The van der Waals surface area contributed by atoms with E-state index in [2.05, 4.69) is 27.1 Å². The molecule has 5 nitrogen and oxygen atoms in total. The van der Waals surface area contributed by atoms with Crippen molar-refractivity contribution < 1.29 is 0 Å². The van der Waals surface area contributed by atoms with Crippen LogP contribution in [0.5, 0.6) is 0 Å². The summed E-state index contributed by atoms with van der Waals surface area (Å²) in [6.07, 6.45) is 2.40. The number of rotatable bonds is 2. The SMILES string of the molecule is CCC1CNCCN1c1nc[nH]c(=O)c1Cl. The van der Waals surface area contributed by atoms with Gasteiger partial charge in [0.1, 0.15) is 5.02 Å². The van der Waals surface area contributed by atoms with Gasteiger partial charge in [0.05, 0.1) is 6.33 Å². The third-order valence-electron chi connectivity index (χ3n) is 2.87. The summed E-state index contributed by atoms with van der Waals surface area (Å²) in [7, 11) is 0. The number of piperazine rings is 1. The average Bonchev–Trinajstić information content (AvgIpc) is 2.33. The van der Waals surface area contributed by atoms with Crippen LogP contribution in [0, 0.1) is 0 Å². The predicted molar refractivity (Wildman–Crippen MR) is 64.2 cm³/mol. The van der Waals surface area contributed by atoms with Crippen LogP contribution in [0.1, 0.15) is 13.3 Å². The van der Waals surface area contributed by atoms with E-state index in [-0.39, 0.29) is 10.6 Å². The molecule has 0 saturated carbocycles. The number of anilines is 1. The molecule has 0 radical (unpaired) electrons. The molecule has 0 aliphatic carbocycles. The van der Waals surface area contributed by atoms with E-state index in [4.69, 9.17) is 11.6 Å². The number of hydrogen-bond acceptors (Lipinski definition) is 4. The molecule has 6 heteroatoms. The lowest BCUT2D eigenvalue weighted by molar-refractivity contribution is 0.463. The summed E-state index contributed by atoms with van der Waals surface area (Å²) in [5, 5.41) is 3.50. The molecule has 1 aliphatic heterocycles. The van der Waals surface area contributed by atoms with Gasteiger partial charge in [-0.1, -0.05) is 18.5 Å². The Kier molecular flexibility index (Phi) is 3.46. The Labute approximate surface area is 98.8 Å². The lowest BCUT2D eigenvalue weighted by Crippen LogP contribution is -2.51. The Morgan fingerprint density at radius 3 is 3.25 bits per heavy atom. The highest BCUT2D eigenvalue weighted by Gasteiger charge is 2.24. The van der Waals surface area contributed by atoms with Crippen molar-refractivity contribution in [1.29, 1.82) is 0 Å². The predicted octanol–water partition coefficient (Wildman–Crippen LogP) is 0.611. The van der Waals surface area contributed by atoms with Gasteiger partial charge in [0.25, 0.3) is 5.56 Å². The Balaban J connectivity index is 2.34. The second-order valence-corrected chi connectivity index (χ2v) is 4.21. The molecule has 1 aromatic heterocycles. The summed E-state index contributed by atoms with van der Waals surface area (Å²) >= 11 is 5.98.